The Morgan fingerprint density at radius 3 is 2.78 bits per heavy atom. The highest BCUT2D eigenvalue weighted by Gasteiger charge is 2.42. The van der Waals surface area contributed by atoms with Gasteiger partial charge in [0.05, 0.1) is 5.38 Å². The molecule has 0 aliphatic heterocycles. The van der Waals surface area contributed by atoms with Gasteiger partial charge in [-0.1, -0.05) is 18.5 Å². The molecule has 1 aromatic carbocycles. The Labute approximate surface area is 118 Å². The van der Waals surface area contributed by atoms with E-state index in [0.717, 1.165) is 35.8 Å². The Morgan fingerprint density at radius 1 is 1.39 bits per heavy atom. The number of hydrogen-bond acceptors (Lipinski definition) is 2. The number of alkyl halides is 1. The Bertz CT molecular complexity index is 409. The highest BCUT2D eigenvalue weighted by atomic mass is 35.5. The number of rotatable bonds is 5. The molecule has 4 heteroatoms. The van der Waals surface area contributed by atoms with Gasteiger partial charge in [0.2, 0.25) is 0 Å². The van der Waals surface area contributed by atoms with Crippen LogP contribution in [-0.2, 0) is 4.74 Å². The summed E-state index contributed by atoms with van der Waals surface area (Å²) in [5.41, 5.74) is 1.02. The number of halogens is 2. The minimum atomic E-state index is 0.00241. The molecule has 1 saturated carbocycles. The molecule has 2 rings (SSSR count). The van der Waals surface area contributed by atoms with Crippen molar-refractivity contribution in [2.75, 3.05) is 6.61 Å². The fraction of sp³-hybridized carbons (Fsp3) is 0.571. The Kier molecular flexibility index (Phi) is 4.77. The van der Waals surface area contributed by atoms with Crippen LogP contribution in [0.25, 0.3) is 0 Å². The Morgan fingerprint density at radius 2 is 2.17 bits per heavy atom. The van der Waals surface area contributed by atoms with Crippen LogP contribution in [0.15, 0.2) is 18.2 Å². The molecule has 0 amide bonds. The van der Waals surface area contributed by atoms with Gasteiger partial charge in [0.25, 0.3) is 0 Å². The van der Waals surface area contributed by atoms with Crippen LogP contribution in [-0.4, -0.2) is 24.2 Å². The molecule has 18 heavy (non-hydrogen) atoms. The van der Waals surface area contributed by atoms with Crippen molar-refractivity contribution < 1.29 is 9.47 Å². The molecule has 1 aliphatic rings. The number of ether oxygens (including phenoxy) is 2. The van der Waals surface area contributed by atoms with Gasteiger partial charge >= 0.3 is 0 Å². The van der Waals surface area contributed by atoms with E-state index in [1.54, 1.807) is 0 Å². The van der Waals surface area contributed by atoms with E-state index in [0.29, 0.717) is 0 Å². The molecule has 0 heterocycles. The highest BCUT2D eigenvalue weighted by Crippen LogP contribution is 2.33. The highest BCUT2D eigenvalue weighted by molar-refractivity contribution is 6.31. The summed E-state index contributed by atoms with van der Waals surface area (Å²) in [5.74, 6) is 0.829. The van der Waals surface area contributed by atoms with Crippen LogP contribution < -0.4 is 4.74 Å². The molecule has 0 N–H and O–H groups in total. The van der Waals surface area contributed by atoms with Crippen LogP contribution in [0, 0.1) is 6.92 Å². The molecular weight excluding hydrogens is 271 g/mol. The van der Waals surface area contributed by atoms with E-state index >= 15 is 0 Å². The standard InChI is InChI=1S/C14H18Cl2O2/c1-3-6-17-14-12(16)8-13(14)18-10-4-5-11(15)9(2)7-10/h4-5,7,12-14H,3,6,8H2,1-2H3. The molecule has 0 radical (unpaired) electrons. The van der Waals surface area contributed by atoms with Gasteiger partial charge in [0.15, 0.2) is 0 Å². The predicted molar refractivity (Wildman–Crippen MR) is 74.9 cm³/mol. The second-order valence-electron chi connectivity index (χ2n) is 4.65. The normalized spacial score (nSPS) is 26.8. The number of benzene rings is 1. The first-order chi connectivity index (χ1) is 8.61. The average Bonchev–Trinajstić information content (AvgIpc) is 2.33. The van der Waals surface area contributed by atoms with Crippen LogP contribution >= 0.6 is 23.2 Å². The Hall–Kier alpha value is -0.440. The maximum absolute atomic E-state index is 6.14. The maximum Gasteiger partial charge on any atom is 0.128 e. The van der Waals surface area contributed by atoms with Gasteiger partial charge in [-0.2, -0.15) is 0 Å². The molecule has 3 atom stereocenters. The first kappa shape index (κ1) is 14.0. The maximum atomic E-state index is 6.14. The minimum Gasteiger partial charge on any atom is -0.488 e. The van der Waals surface area contributed by atoms with E-state index in [4.69, 9.17) is 32.7 Å². The summed E-state index contributed by atoms with van der Waals surface area (Å²) in [4.78, 5) is 0. The predicted octanol–water partition coefficient (Wildman–Crippen LogP) is 4.20. The summed E-state index contributed by atoms with van der Waals surface area (Å²) in [6.45, 7) is 4.78. The van der Waals surface area contributed by atoms with Crippen molar-refractivity contribution in [3.8, 4) is 5.75 Å². The quantitative estimate of drug-likeness (QED) is 0.756. The minimum absolute atomic E-state index is 0.00241. The van der Waals surface area contributed by atoms with Gasteiger partial charge < -0.3 is 9.47 Å². The van der Waals surface area contributed by atoms with Crippen molar-refractivity contribution in [3.63, 3.8) is 0 Å². The first-order valence-corrected chi connectivity index (χ1v) is 7.11. The van der Waals surface area contributed by atoms with E-state index in [1.807, 2.05) is 25.1 Å². The monoisotopic (exact) mass is 288 g/mol. The summed E-state index contributed by atoms with van der Waals surface area (Å²) < 4.78 is 11.6. The van der Waals surface area contributed by atoms with Crippen molar-refractivity contribution in [3.05, 3.63) is 28.8 Å². The number of aryl methyl sites for hydroxylation is 1. The zero-order valence-electron chi connectivity index (χ0n) is 10.7. The molecule has 0 bridgehead atoms. The summed E-state index contributed by atoms with van der Waals surface area (Å²) in [6.07, 6.45) is 1.88. The lowest BCUT2D eigenvalue weighted by atomic mass is 9.91. The van der Waals surface area contributed by atoms with E-state index in [9.17, 15) is 0 Å². The largest absolute Gasteiger partial charge is 0.488 e. The molecule has 1 fully saturated rings. The molecule has 3 unspecified atom stereocenters. The molecular formula is C14H18Cl2O2. The van der Waals surface area contributed by atoms with Gasteiger partial charge in [0.1, 0.15) is 18.0 Å². The summed E-state index contributed by atoms with van der Waals surface area (Å²) in [6, 6.07) is 5.68. The lowest BCUT2D eigenvalue weighted by Gasteiger charge is -2.40. The van der Waals surface area contributed by atoms with Gasteiger partial charge in [-0.25, -0.2) is 0 Å². The molecule has 0 saturated heterocycles. The summed E-state index contributed by atoms with van der Waals surface area (Å²) in [5, 5.41) is 0.819. The van der Waals surface area contributed by atoms with Crippen LogP contribution in [0.1, 0.15) is 25.3 Å². The van der Waals surface area contributed by atoms with E-state index in [-0.39, 0.29) is 17.6 Å². The fourth-order valence-corrected chi connectivity index (χ4v) is 2.50. The van der Waals surface area contributed by atoms with Crippen LogP contribution in [0.5, 0.6) is 5.75 Å². The van der Waals surface area contributed by atoms with Crippen molar-refractivity contribution in [1.82, 2.24) is 0 Å². The molecule has 0 aromatic heterocycles. The van der Waals surface area contributed by atoms with E-state index in [2.05, 4.69) is 6.92 Å². The SMILES string of the molecule is CCCOC1C(Cl)CC1Oc1ccc(Cl)c(C)c1. The lowest BCUT2D eigenvalue weighted by molar-refractivity contribution is -0.0797. The van der Waals surface area contributed by atoms with Crippen molar-refractivity contribution >= 4 is 23.2 Å². The molecule has 1 aliphatic carbocycles. The molecule has 2 nitrogen and oxygen atoms in total. The van der Waals surface area contributed by atoms with Gasteiger partial charge in [-0.3, -0.25) is 0 Å². The second kappa shape index (κ2) is 6.14. The van der Waals surface area contributed by atoms with Crippen molar-refractivity contribution in [2.24, 2.45) is 0 Å². The zero-order chi connectivity index (χ0) is 13.1. The molecule has 100 valence electrons. The van der Waals surface area contributed by atoms with Gasteiger partial charge in [-0.05, 0) is 37.1 Å². The molecule has 1 aromatic rings. The average molecular weight is 289 g/mol. The smallest absolute Gasteiger partial charge is 0.128 e. The van der Waals surface area contributed by atoms with E-state index < -0.39 is 0 Å². The third-order valence-electron chi connectivity index (χ3n) is 3.11. The van der Waals surface area contributed by atoms with Crippen molar-refractivity contribution in [2.45, 2.75) is 44.3 Å². The topological polar surface area (TPSA) is 18.5 Å². The third-order valence-corrected chi connectivity index (χ3v) is 3.96. The first-order valence-electron chi connectivity index (χ1n) is 6.30. The van der Waals surface area contributed by atoms with E-state index in [1.165, 1.54) is 0 Å². The van der Waals surface area contributed by atoms with Crippen LogP contribution in [0.3, 0.4) is 0 Å². The summed E-state index contributed by atoms with van der Waals surface area (Å²) in [7, 11) is 0. The van der Waals surface area contributed by atoms with Gasteiger partial charge in [0, 0.05) is 18.1 Å². The lowest BCUT2D eigenvalue weighted by Crippen LogP contribution is -2.52. The summed E-state index contributed by atoms with van der Waals surface area (Å²) >= 11 is 12.1. The van der Waals surface area contributed by atoms with Crippen molar-refractivity contribution in [1.29, 1.82) is 0 Å². The Balaban J connectivity index is 1.94. The third kappa shape index (κ3) is 3.11. The second-order valence-corrected chi connectivity index (χ2v) is 5.62. The molecule has 0 spiro atoms. The van der Waals surface area contributed by atoms with Crippen LogP contribution in [0.4, 0.5) is 0 Å². The van der Waals surface area contributed by atoms with Crippen LogP contribution in [0.2, 0.25) is 5.02 Å². The fourth-order valence-electron chi connectivity index (χ4n) is 1.97. The number of hydrogen-bond donors (Lipinski definition) is 0. The zero-order valence-corrected chi connectivity index (χ0v) is 12.2. The van der Waals surface area contributed by atoms with Gasteiger partial charge in [-0.15, -0.1) is 11.6 Å².